The minimum Gasteiger partial charge on any atom is -0.493 e. The van der Waals surface area contributed by atoms with Crippen molar-refractivity contribution in [1.82, 2.24) is 14.9 Å². The van der Waals surface area contributed by atoms with Crippen LogP contribution in [0.25, 0.3) is 10.9 Å². The SMILES string of the molecule is COc1cc2c(N)nc(N3CCN(C(=O)C[C@@H](N)c4ccc(F)cc4)C[C@@H]3c3ccccc3)nc2c(F)c1OC. The van der Waals surface area contributed by atoms with Crippen LogP contribution in [-0.4, -0.2) is 54.6 Å². The van der Waals surface area contributed by atoms with Gasteiger partial charge in [0.1, 0.15) is 17.2 Å². The molecule has 208 valence electrons. The van der Waals surface area contributed by atoms with Gasteiger partial charge in [-0.2, -0.15) is 4.98 Å². The molecule has 11 heteroatoms. The predicted molar refractivity (Wildman–Crippen MR) is 148 cm³/mol. The van der Waals surface area contributed by atoms with E-state index in [0.717, 1.165) is 5.56 Å². The number of methoxy groups -OCH3 is 2. The number of carbonyl (C=O) groups excluding carboxylic acids is 1. The van der Waals surface area contributed by atoms with Gasteiger partial charge in [-0.25, -0.2) is 13.8 Å². The number of rotatable bonds is 7. The Hall–Kier alpha value is -4.51. The number of amides is 1. The number of nitrogens with two attached hydrogens (primary N) is 2. The maximum Gasteiger partial charge on any atom is 0.228 e. The van der Waals surface area contributed by atoms with E-state index in [9.17, 15) is 9.18 Å². The third-order valence-corrected chi connectivity index (χ3v) is 7.16. The maximum absolute atomic E-state index is 15.5. The lowest BCUT2D eigenvalue weighted by molar-refractivity contribution is -0.132. The van der Waals surface area contributed by atoms with Gasteiger partial charge in [-0.3, -0.25) is 4.79 Å². The van der Waals surface area contributed by atoms with Crippen LogP contribution in [0.2, 0.25) is 0 Å². The van der Waals surface area contributed by atoms with E-state index in [0.29, 0.717) is 30.6 Å². The van der Waals surface area contributed by atoms with Gasteiger partial charge >= 0.3 is 0 Å². The van der Waals surface area contributed by atoms with E-state index in [2.05, 4.69) is 9.97 Å². The Balaban J connectivity index is 1.46. The molecule has 3 aromatic carbocycles. The molecule has 4 aromatic rings. The third-order valence-electron chi connectivity index (χ3n) is 7.16. The molecule has 0 saturated carbocycles. The van der Waals surface area contributed by atoms with Gasteiger partial charge in [0.25, 0.3) is 0 Å². The number of hydrogen-bond acceptors (Lipinski definition) is 8. The number of nitrogen functional groups attached to an aromatic ring is 1. The van der Waals surface area contributed by atoms with Crippen molar-refractivity contribution in [3.63, 3.8) is 0 Å². The quantitative estimate of drug-likeness (QED) is 0.356. The monoisotopic (exact) mass is 548 g/mol. The van der Waals surface area contributed by atoms with Crippen molar-refractivity contribution < 1.29 is 23.0 Å². The summed E-state index contributed by atoms with van der Waals surface area (Å²) in [5.41, 5.74) is 14.2. The van der Waals surface area contributed by atoms with Gasteiger partial charge < -0.3 is 30.7 Å². The molecule has 9 nitrogen and oxygen atoms in total. The lowest BCUT2D eigenvalue weighted by Gasteiger charge is -2.42. The fraction of sp³-hybridized carbons (Fsp3) is 0.276. The zero-order valence-electron chi connectivity index (χ0n) is 22.2. The second-order valence-corrected chi connectivity index (χ2v) is 9.55. The van der Waals surface area contributed by atoms with Gasteiger partial charge in [0.05, 0.1) is 20.3 Å². The summed E-state index contributed by atoms with van der Waals surface area (Å²) in [5, 5.41) is 0.304. The number of carbonyl (C=O) groups is 1. The number of piperazine rings is 1. The normalized spacial score (nSPS) is 16.2. The van der Waals surface area contributed by atoms with Gasteiger partial charge in [-0.15, -0.1) is 0 Å². The zero-order chi connectivity index (χ0) is 28.4. The molecule has 40 heavy (non-hydrogen) atoms. The Labute approximate surface area is 230 Å². The lowest BCUT2D eigenvalue weighted by atomic mass is 10.0. The lowest BCUT2D eigenvalue weighted by Crippen LogP contribution is -2.51. The number of hydrogen-bond donors (Lipinski definition) is 2. The molecule has 2 atom stereocenters. The first kappa shape index (κ1) is 27.1. The van der Waals surface area contributed by atoms with Crippen LogP contribution in [0.4, 0.5) is 20.5 Å². The minimum atomic E-state index is -0.702. The number of benzene rings is 3. The smallest absolute Gasteiger partial charge is 0.228 e. The second-order valence-electron chi connectivity index (χ2n) is 9.55. The summed E-state index contributed by atoms with van der Waals surface area (Å²) in [6.45, 7) is 1.07. The summed E-state index contributed by atoms with van der Waals surface area (Å²) < 4.78 is 39.2. The van der Waals surface area contributed by atoms with E-state index < -0.39 is 11.9 Å². The van der Waals surface area contributed by atoms with Gasteiger partial charge in [-0.05, 0) is 29.3 Å². The molecule has 1 fully saturated rings. The van der Waals surface area contributed by atoms with E-state index in [1.807, 2.05) is 35.2 Å². The van der Waals surface area contributed by atoms with Gasteiger partial charge in [-0.1, -0.05) is 42.5 Å². The number of ether oxygens (including phenoxy) is 2. The van der Waals surface area contributed by atoms with Crippen LogP contribution in [0.1, 0.15) is 29.6 Å². The number of nitrogens with zero attached hydrogens (tertiary/aromatic N) is 4. The highest BCUT2D eigenvalue weighted by Gasteiger charge is 2.33. The fourth-order valence-electron chi connectivity index (χ4n) is 5.02. The highest BCUT2D eigenvalue weighted by Crippen LogP contribution is 2.39. The Morgan fingerprint density at radius 3 is 2.45 bits per heavy atom. The van der Waals surface area contributed by atoms with Crippen molar-refractivity contribution in [3.05, 3.63) is 83.4 Å². The van der Waals surface area contributed by atoms with E-state index in [1.54, 1.807) is 23.1 Å². The summed E-state index contributed by atoms with van der Waals surface area (Å²) in [6.07, 6.45) is 0.0689. The van der Waals surface area contributed by atoms with Crippen LogP contribution < -0.4 is 25.8 Å². The van der Waals surface area contributed by atoms with E-state index in [-0.39, 0.29) is 53.0 Å². The van der Waals surface area contributed by atoms with Gasteiger partial charge in [0, 0.05) is 37.5 Å². The number of anilines is 2. The van der Waals surface area contributed by atoms with Crippen molar-refractivity contribution in [1.29, 1.82) is 0 Å². The largest absolute Gasteiger partial charge is 0.493 e. The highest BCUT2D eigenvalue weighted by atomic mass is 19.1. The molecule has 1 amide bonds. The van der Waals surface area contributed by atoms with Crippen LogP contribution in [-0.2, 0) is 4.79 Å². The third kappa shape index (κ3) is 5.20. The average Bonchev–Trinajstić information content (AvgIpc) is 2.97. The molecule has 2 heterocycles. The van der Waals surface area contributed by atoms with E-state index >= 15 is 4.39 Å². The van der Waals surface area contributed by atoms with Crippen LogP contribution in [0.15, 0.2) is 60.7 Å². The summed E-state index contributed by atoms with van der Waals surface area (Å²) in [6, 6.07) is 16.1. The van der Waals surface area contributed by atoms with Crippen molar-refractivity contribution in [2.24, 2.45) is 5.73 Å². The standard InChI is InChI=1S/C29H30F2N6O3/c1-39-23-14-20-26(25(31)27(23)40-2)34-29(35-28(20)33)37-13-12-36(16-22(37)18-6-4-3-5-7-18)24(38)15-21(32)17-8-10-19(30)11-9-17/h3-11,14,21-22H,12-13,15-16,32H2,1-2H3,(H2,33,34,35)/t21-,22-/m1/s1. The maximum atomic E-state index is 15.5. The Kier molecular flexibility index (Phi) is 7.65. The molecule has 1 saturated heterocycles. The number of halogens is 2. The van der Waals surface area contributed by atoms with Gasteiger partial charge in [0.15, 0.2) is 17.3 Å². The Morgan fingerprint density at radius 2 is 1.77 bits per heavy atom. The number of aromatic nitrogens is 2. The Morgan fingerprint density at radius 1 is 1.05 bits per heavy atom. The molecule has 1 aliphatic rings. The molecule has 0 unspecified atom stereocenters. The van der Waals surface area contributed by atoms with Crippen LogP contribution in [0, 0.1) is 11.6 Å². The van der Waals surface area contributed by atoms with Crippen LogP contribution >= 0.6 is 0 Å². The van der Waals surface area contributed by atoms with Crippen LogP contribution in [0.5, 0.6) is 11.5 Å². The van der Waals surface area contributed by atoms with Crippen molar-refractivity contribution >= 4 is 28.6 Å². The van der Waals surface area contributed by atoms with Crippen LogP contribution in [0.3, 0.4) is 0 Å². The molecule has 0 bridgehead atoms. The topological polar surface area (TPSA) is 120 Å². The molecule has 0 radical (unpaired) electrons. The summed E-state index contributed by atoms with van der Waals surface area (Å²) in [5.74, 6) is -0.754. The molecule has 4 N–H and O–H groups in total. The number of fused-ring (bicyclic) bond motifs is 1. The fourth-order valence-corrected chi connectivity index (χ4v) is 5.02. The van der Waals surface area contributed by atoms with E-state index in [4.69, 9.17) is 20.9 Å². The first-order valence-electron chi connectivity index (χ1n) is 12.8. The predicted octanol–water partition coefficient (Wildman–Crippen LogP) is 3.99. The molecule has 1 aliphatic heterocycles. The summed E-state index contributed by atoms with van der Waals surface area (Å²) in [4.78, 5) is 26.0. The Bertz CT molecular complexity index is 1520. The van der Waals surface area contributed by atoms with E-state index in [1.165, 1.54) is 26.4 Å². The zero-order valence-corrected chi connectivity index (χ0v) is 22.2. The molecule has 1 aromatic heterocycles. The van der Waals surface area contributed by atoms with Gasteiger partial charge in [0.2, 0.25) is 11.9 Å². The molecule has 5 rings (SSSR count). The molecular weight excluding hydrogens is 518 g/mol. The molecular formula is C29H30F2N6O3. The van der Waals surface area contributed by atoms with Crippen molar-refractivity contribution in [2.45, 2.75) is 18.5 Å². The first-order chi connectivity index (χ1) is 19.3. The minimum absolute atomic E-state index is 0.00994. The van der Waals surface area contributed by atoms with Crippen molar-refractivity contribution in [2.75, 3.05) is 44.5 Å². The summed E-state index contributed by atoms with van der Waals surface area (Å²) in [7, 11) is 2.76. The second kappa shape index (κ2) is 11.3. The average molecular weight is 549 g/mol. The first-order valence-corrected chi connectivity index (χ1v) is 12.8. The summed E-state index contributed by atoms with van der Waals surface area (Å²) >= 11 is 0. The highest BCUT2D eigenvalue weighted by molar-refractivity contribution is 5.92. The molecule has 0 aliphatic carbocycles. The molecule has 0 spiro atoms. The van der Waals surface area contributed by atoms with Crippen molar-refractivity contribution in [3.8, 4) is 11.5 Å².